The van der Waals surface area contributed by atoms with Crippen molar-refractivity contribution in [1.29, 1.82) is 0 Å². The number of sulfone groups is 1. The fraction of sp³-hybridized carbons (Fsp3) is 0.364. The minimum absolute atomic E-state index is 0.0676. The van der Waals surface area contributed by atoms with E-state index in [0.717, 1.165) is 16.8 Å². The van der Waals surface area contributed by atoms with Crippen molar-refractivity contribution in [2.45, 2.75) is 25.1 Å². The van der Waals surface area contributed by atoms with Crippen LogP contribution in [-0.2, 0) is 14.6 Å². The molecule has 7 nitrogen and oxygen atoms in total. The fourth-order valence-electron chi connectivity index (χ4n) is 3.89. The monoisotopic (exact) mass is 459 g/mol. The number of amidine groups is 1. The van der Waals surface area contributed by atoms with Crippen LogP contribution in [0.15, 0.2) is 47.5 Å². The highest BCUT2D eigenvalue weighted by atomic mass is 32.2. The van der Waals surface area contributed by atoms with E-state index in [0.29, 0.717) is 16.6 Å². The molecule has 1 fully saturated rings. The number of rotatable bonds is 5. The van der Waals surface area contributed by atoms with Crippen molar-refractivity contribution >= 4 is 44.0 Å². The molecule has 2 heterocycles. The number of carbonyl (C=O) groups is 1. The van der Waals surface area contributed by atoms with E-state index in [9.17, 15) is 13.2 Å². The molecular weight excluding hydrogens is 434 g/mol. The zero-order valence-electron chi connectivity index (χ0n) is 17.7. The zero-order chi connectivity index (χ0) is 22.2. The first-order chi connectivity index (χ1) is 14.7. The molecule has 164 valence electrons. The van der Waals surface area contributed by atoms with E-state index < -0.39 is 9.84 Å². The highest BCUT2D eigenvalue weighted by Crippen LogP contribution is 2.37. The van der Waals surface area contributed by atoms with Crippen LogP contribution in [0.4, 0.5) is 11.4 Å². The van der Waals surface area contributed by atoms with E-state index in [1.807, 2.05) is 43.0 Å². The molecule has 2 aliphatic heterocycles. The highest BCUT2D eigenvalue weighted by molar-refractivity contribution is 8.15. The van der Waals surface area contributed by atoms with Crippen LogP contribution in [0.5, 0.6) is 5.75 Å². The summed E-state index contributed by atoms with van der Waals surface area (Å²) in [5.41, 5.74) is 3.68. The number of benzene rings is 2. The van der Waals surface area contributed by atoms with Crippen molar-refractivity contribution in [2.75, 3.05) is 35.4 Å². The molecule has 1 N–H and O–H groups in total. The van der Waals surface area contributed by atoms with Gasteiger partial charge >= 0.3 is 0 Å². The largest absolute Gasteiger partial charge is 0.497 e. The Morgan fingerprint density at radius 3 is 2.61 bits per heavy atom. The third-order valence-corrected chi connectivity index (χ3v) is 8.46. The number of nitrogens with zero attached hydrogens (tertiary/aromatic N) is 2. The highest BCUT2D eigenvalue weighted by Gasteiger charge is 2.44. The van der Waals surface area contributed by atoms with Crippen LogP contribution < -0.4 is 15.0 Å². The van der Waals surface area contributed by atoms with E-state index >= 15 is 0 Å². The van der Waals surface area contributed by atoms with Gasteiger partial charge in [-0.1, -0.05) is 23.9 Å². The number of hydrogen-bond donors (Lipinski definition) is 1. The van der Waals surface area contributed by atoms with Crippen LogP contribution in [0.2, 0.25) is 0 Å². The Labute approximate surface area is 186 Å². The number of anilines is 2. The molecular formula is C22H25N3O4S2. The number of fused-ring (bicyclic) bond motifs is 1. The van der Waals surface area contributed by atoms with Crippen LogP contribution in [0.3, 0.4) is 0 Å². The fourth-order valence-corrected chi connectivity index (χ4v) is 7.67. The van der Waals surface area contributed by atoms with Gasteiger partial charge in [0.1, 0.15) is 12.3 Å². The molecule has 31 heavy (non-hydrogen) atoms. The molecule has 2 atom stereocenters. The SMILES string of the molecule is COc1cccc(NC(=O)CN(C2=N[C@@H]3CS(=O)(=O)C[C@H]3S2)c2cc(C)cc(C)c2)c1. The molecule has 9 heteroatoms. The Hall–Kier alpha value is -2.52. The van der Waals surface area contributed by atoms with E-state index in [4.69, 9.17) is 9.73 Å². The van der Waals surface area contributed by atoms with Crippen LogP contribution in [0.1, 0.15) is 11.1 Å². The third-order valence-electron chi connectivity index (χ3n) is 5.21. The van der Waals surface area contributed by atoms with Gasteiger partial charge in [0, 0.05) is 22.7 Å². The third kappa shape index (κ3) is 5.04. The molecule has 2 aromatic carbocycles. The Morgan fingerprint density at radius 1 is 1.19 bits per heavy atom. The molecule has 1 amide bonds. The lowest BCUT2D eigenvalue weighted by Crippen LogP contribution is -2.36. The summed E-state index contributed by atoms with van der Waals surface area (Å²) in [6.07, 6.45) is 0. The van der Waals surface area contributed by atoms with Gasteiger partial charge in [-0.2, -0.15) is 0 Å². The number of thioether (sulfide) groups is 1. The Balaban J connectivity index is 1.59. The lowest BCUT2D eigenvalue weighted by molar-refractivity contribution is -0.114. The summed E-state index contributed by atoms with van der Waals surface area (Å²) >= 11 is 1.45. The first kappa shape index (κ1) is 21.7. The summed E-state index contributed by atoms with van der Waals surface area (Å²) in [4.78, 5) is 19.5. The molecule has 0 aliphatic carbocycles. The molecule has 0 aromatic heterocycles. The predicted molar refractivity (Wildman–Crippen MR) is 126 cm³/mol. The zero-order valence-corrected chi connectivity index (χ0v) is 19.3. The van der Waals surface area contributed by atoms with Crippen LogP contribution in [0, 0.1) is 13.8 Å². The van der Waals surface area contributed by atoms with Crippen molar-refractivity contribution < 1.29 is 17.9 Å². The number of aliphatic imine (C=N–C) groups is 1. The van der Waals surface area contributed by atoms with Gasteiger partial charge in [0.15, 0.2) is 15.0 Å². The van der Waals surface area contributed by atoms with Crippen molar-refractivity contribution in [2.24, 2.45) is 4.99 Å². The normalized spacial score (nSPS) is 21.3. The maximum absolute atomic E-state index is 12.9. The van der Waals surface area contributed by atoms with Crippen LogP contribution >= 0.6 is 11.8 Å². The van der Waals surface area contributed by atoms with Gasteiger partial charge in [-0.3, -0.25) is 9.79 Å². The van der Waals surface area contributed by atoms with Crippen molar-refractivity contribution in [1.82, 2.24) is 0 Å². The Morgan fingerprint density at radius 2 is 1.94 bits per heavy atom. The minimum Gasteiger partial charge on any atom is -0.497 e. The predicted octanol–water partition coefficient (Wildman–Crippen LogP) is 3.03. The molecule has 2 aromatic rings. The summed E-state index contributed by atoms with van der Waals surface area (Å²) in [6.45, 7) is 4.09. The number of nitrogens with one attached hydrogen (secondary N) is 1. The van der Waals surface area contributed by atoms with Gasteiger partial charge in [0.2, 0.25) is 5.91 Å². The molecule has 0 radical (unpaired) electrons. The summed E-state index contributed by atoms with van der Waals surface area (Å²) in [5.74, 6) is 0.672. The lowest BCUT2D eigenvalue weighted by atomic mass is 10.1. The quantitative estimate of drug-likeness (QED) is 0.740. The average molecular weight is 460 g/mol. The standard InChI is InChI=1S/C22H25N3O4S2/c1-14-7-15(2)9-17(8-14)25(22-24-19-12-31(27,28)13-20(19)30-22)11-21(26)23-16-5-4-6-18(10-16)29-3/h4-10,19-20H,11-13H2,1-3H3,(H,23,26)/t19-,20-/m1/s1. The second-order valence-electron chi connectivity index (χ2n) is 7.92. The van der Waals surface area contributed by atoms with E-state index in [2.05, 4.69) is 11.4 Å². The second kappa shape index (κ2) is 8.55. The first-order valence-corrected chi connectivity index (χ1v) is 12.7. The van der Waals surface area contributed by atoms with Crippen molar-refractivity contribution in [3.63, 3.8) is 0 Å². The molecule has 0 bridgehead atoms. The molecule has 1 saturated heterocycles. The van der Waals surface area contributed by atoms with Crippen LogP contribution in [-0.4, -0.2) is 55.9 Å². The molecule has 0 unspecified atom stereocenters. The topological polar surface area (TPSA) is 88.1 Å². The maximum atomic E-state index is 12.9. The molecule has 2 aliphatic rings. The van der Waals surface area contributed by atoms with Gasteiger partial charge in [0.25, 0.3) is 0 Å². The van der Waals surface area contributed by atoms with Crippen molar-refractivity contribution in [3.8, 4) is 5.75 Å². The number of hydrogen-bond acceptors (Lipinski definition) is 7. The number of carbonyl (C=O) groups excluding carboxylic acids is 1. The van der Waals surface area contributed by atoms with E-state index in [1.54, 1.807) is 19.2 Å². The first-order valence-electron chi connectivity index (χ1n) is 9.97. The lowest BCUT2D eigenvalue weighted by Gasteiger charge is -2.25. The van der Waals surface area contributed by atoms with Gasteiger partial charge < -0.3 is 15.0 Å². The second-order valence-corrected chi connectivity index (χ2v) is 11.3. The number of ether oxygens (including phenoxy) is 1. The number of amides is 1. The minimum atomic E-state index is -3.04. The molecule has 4 rings (SSSR count). The maximum Gasteiger partial charge on any atom is 0.244 e. The smallest absolute Gasteiger partial charge is 0.244 e. The van der Waals surface area contributed by atoms with Crippen LogP contribution in [0.25, 0.3) is 0 Å². The summed E-state index contributed by atoms with van der Waals surface area (Å²) in [5, 5.41) is 3.51. The summed E-state index contributed by atoms with van der Waals surface area (Å²) < 4.78 is 29.1. The number of methoxy groups -OCH3 is 1. The van der Waals surface area contributed by atoms with Gasteiger partial charge in [-0.15, -0.1) is 0 Å². The van der Waals surface area contributed by atoms with E-state index in [1.165, 1.54) is 11.8 Å². The Bertz CT molecular complexity index is 1130. The number of aryl methyl sites for hydroxylation is 2. The Kier molecular flexibility index (Phi) is 5.98. The van der Waals surface area contributed by atoms with Crippen molar-refractivity contribution in [3.05, 3.63) is 53.6 Å². The molecule has 0 saturated carbocycles. The molecule has 0 spiro atoms. The average Bonchev–Trinajstić information content (AvgIpc) is 3.18. The van der Waals surface area contributed by atoms with Gasteiger partial charge in [0.05, 0.1) is 24.7 Å². The van der Waals surface area contributed by atoms with E-state index in [-0.39, 0.29) is 35.2 Å². The summed E-state index contributed by atoms with van der Waals surface area (Å²) in [6, 6.07) is 13.0. The van der Waals surface area contributed by atoms with Gasteiger partial charge in [-0.25, -0.2) is 8.42 Å². The van der Waals surface area contributed by atoms with Gasteiger partial charge in [-0.05, 0) is 49.2 Å². The summed E-state index contributed by atoms with van der Waals surface area (Å²) in [7, 11) is -1.46.